The monoisotopic (exact) mass is 1410 g/mol. The standard InChI is InChI=1S/C68H118N18O12S/c1-7-9-10-11-12-13-14-15-16-17-18-19-20-32-55(87)79-54(40-57(89)90)66(98)82-50(31-26-36-76-68(73)74)63(95)84-52(38-43(3)4)64(96)81-49(30-25-35-75-67(71)72)61(93)80-48(29-23-24-34-69)62(94)85-53(39-45-41-77-47-28-22-21-27-46(45)47)65(97)83-51(33-37-99-6)60(92)78-42-56(88)86-58(59(70)91)44(5)8-2/h21-22,27-28,41,43-44,48-54,58,77H,7-20,23-26,29-40,42,69H2,1-6H3,(H2,70,91)(H,78,92)(H,79,87)(H,80,93)(H,81,96)(H,82,98)(H,83,97)(H,84,95)(H,85,94)(H,86,88)(H,89,90)(H4,71,72,75)(H4,73,74,76)/t44-,48-,49-,50-,51-,52-,53-,54-,58-/m0/s1. The lowest BCUT2D eigenvalue weighted by Gasteiger charge is -2.28. The predicted molar refractivity (Wildman–Crippen MR) is 387 cm³/mol. The second-order valence-corrected chi connectivity index (χ2v) is 26.8. The molecule has 1 aromatic heterocycles. The number of nitrogens with zero attached hydrogens (tertiary/aromatic N) is 2. The van der Waals surface area contributed by atoms with E-state index in [4.69, 9.17) is 34.4 Å². The highest BCUT2D eigenvalue weighted by molar-refractivity contribution is 7.98. The first-order valence-electron chi connectivity index (χ1n) is 35.3. The Bertz CT molecular complexity index is 2890. The molecule has 0 aliphatic rings. The van der Waals surface area contributed by atoms with Gasteiger partial charge in [-0.1, -0.05) is 136 Å². The molecule has 1 heterocycles. The number of rotatable bonds is 55. The van der Waals surface area contributed by atoms with Crippen LogP contribution in [0.25, 0.3) is 10.9 Å². The predicted octanol–water partition coefficient (Wildman–Crippen LogP) is 2.23. The molecule has 23 N–H and O–H groups in total. The van der Waals surface area contributed by atoms with E-state index in [0.717, 1.165) is 43.0 Å². The summed E-state index contributed by atoms with van der Waals surface area (Å²) in [5.41, 5.74) is 35.2. The van der Waals surface area contributed by atoms with Gasteiger partial charge in [-0.15, -0.1) is 0 Å². The zero-order valence-electron chi connectivity index (χ0n) is 59.3. The number of fused-ring (bicyclic) bond motifs is 1. The van der Waals surface area contributed by atoms with Crippen LogP contribution in [0.1, 0.15) is 201 Å². The van der Waals surface area contributed by atoms with Gasteiger partial charge in [0, 0.05) is 43.0 Å². The molecule has 1 aromatic carbocycles. The number of thioether (sulfide) groups is 1. The van der Waals surface area contributed by atoms with Crippen LogP contribution in [0.4, 0.5) is 0 Å². The number of hydrogen-bond donors (Lipinski definition) is 17. The Morgan fingerprint density at radius 1 is 0.525 bits per heavy atom. The molecule has 10 amide bonds. The number of hydrogen-bond acceptors (Lipinski definition) is 15. The number of guanidine groups is 2. The number of unbranched alkanes of at least 4 members (excludes halogenated alkanes) is 13. The third-order valence-corrected chi connectivity index (χ3v) is 17.5. The quantitative estimate of drug-likeness (QED) is 0.0256. The normalized spacial score (nSPS) is 13.9. The van der Waals surface area contributed by atoms with Crippen molar-refractivity contribution in [2.45, 2.75) is 250 Å². The van der Waals surface area contributed by atoms with Gasteiger partial charge in [0.25, 0.3) is 0 Å². The molecule has 0 unspecified atom stereocenters. The molecule has 99 heavy (non-hydrogen) atoms. The molecule has 0 fully saturated rings. The number of carbonyl (C=O) groups is 11. The summed E-state index contributed by atoms with van der Waals surface area (Å²) in [6.45, 7) is 9.07. The smallest absolute Gasteiger partial charge is 0.305 e. The number of carbonyl (C=O) groups excluding carboxylic acids is 10. The zero-order chi connectivity index (χ0) is 73.7. The SMILES string of the molecule is CCCCCCCCCCCCCCCC(=O)N[C@@H](CC(=O)O)C(=O)N[C@@H](CCCN=C(N)N)C(=O)N[C@@H](CC(C)C)C(=O)N[C@@H](CCCN=C(N)N)C(=O)N[C@@H](CCCCN)C(=O)N[C@@H](Cc1c[nH]c2ccccc12)C(=O)N[C@@H](CCSC)C(=O)NCC(=O)N[C@H](C(N)=O)[C@@H](C)CC. The molecule has 0 aliphatic heterocycles. The lowest BCUT2D eigenvalue weighted by atomic mass is 9.98. The Labute approximate surface area is 588 Å². The maximum Gasteiger partial charge on any atom is 0.305 e. The van der Waals surface area contributed by atoms with Crippen LogP contribution in [-0.4, -0.2) is 174 Å². The van der Waals surface area contributed by atoms with E-state index >= 15 is 0 Å². The van der Waals surface area contributed by atoms with Crippen molar-refractivity contribution < 1.29 is 57.8 Å². The van der Waals surface area contributed by atoms with Gasteiger partial charge in [0.15, 0.2) is 11.9 Å². The number of aromatic amines is 1. The number of primary amides is 1. The van der Waals surface area contributed by atoms with Crippen molar-refractivity contribution in [3.63, 3.8) is 0 Å². The summed E-state index contributed by atoms with van der Waals surface area (Å²) in [5.74, 6) is -9.80. The Balaban J connectivity index is 2.49. The Kier molecular flexibility index (Phi) is 44.0. The third kappa shape index (κ3) is 37.0. The molecule has 0 saturated heterocycles. The number of H-pyrrole nitrogens is 1. The number of nitrogens with two attached hydrogens (primary N) is 6. The summed E-state index contributed by atoms with van der Waals surface area (Å²) >= 11 is 1.40. The van der Waals surface area contributed by atoms with E-state index in [0.29, 0.717) is 37.0 Å². The number of nitrogens with one attached hydrogen (secondary N) is 10. The van der Waals surface area contributed by atoms with Gasteiger partial charge in [0.1, 0.15) is 48.3 Å². The molecule has 31 heteroatoms. The van der Waals surface area contributed by atoms with Crippen molar-refractivity contribution in [2.24, 2.45) is 56.2 Å². The molecule has 2 rings (SSSR count). The average Bonchev–Trinajstić information content (AvgIpc) is 1.61. The second kappa shape index (κ2) is 50.2. The average molecular weight is 1410 g/mol. The number of carboxylic acids is 1. The summed E-state index contributed by atoms with van der Waals surface area (Å²) < 4.78 is 0. The molecule has 30 nitrogen and oxygen atoms in total. The number of carboxylic acid groups (broad SMARTS) is 1. The topological polar surface area (TPSA) is 513 Å². The number of aliphatic carboxylic acids is 1. The zero-order valence-corrected chi connectivity index (χ0v) is 60.1. The summed E-state index contributed by atoms with van der Waals surface area (Å²) in [6.07, 6.45) is 18.3. The van der Waals surface area contributed by atoms with E-state index in [-0.39, 0.29) is 101 Å². The van der Waals surface area contributed by atoms with Crippen molar-refractivity contribution in [3.8, 4) is 0 Å². The van der Waals surface area contributed by atoms with E-state index in [1.165, 1.54) is 56.7 Å². The van der Waals surface area contributed by atoms with E-state index < -0.39 is 126 Å². The highest BCUT2D eigenvalue weighted by Crippen LogP contribution is 2.21. The molecular formula is C68H118N18O12S. The molecule has 9 atom stereocenters. The molecular weight excluding hydrogens is 1290 g/mol. The van der Waals surface area contributed by atoms with Crippen LogP contribution in [0, 0.1) is 11.8 Å². The maximum atomic E-state index is 14.8. The molecule has 0 bridgehead atoms. The Hall–Kier alpha value is -8.22. The van der Waals surface area contributed by atoms with Gasteiger partial charge in [-0.3, -0.25) is 62.7 Å². The first-order valence-corrected chi connectivity index (χ1v) is 36.7. The molecule has 558 valence electrons. The van der Waals surface area contributed by atoms with Crippen LogP contribution < -0.4 is 82.3 Å². The minimum Gasteiger partial charge on any atom is -0.481 e. The largest absolute Gasteiger partial charge is 0.481 e. The van der Waals surface area contributed by atoms with Crippen molar-refractivity contribution in [2.75, 3.05) is 38.2 Å². The van der Waals surface area contributed by atoms with Gasteiger partial charge < -0.3 is 92.3 Å². The van der Waals surface area contributed by atoms with Crippen molar-refractivity contribution in [1.29, 1.82) is 0 Å². The Morgan fingerprint density at radius 2 is 0.990 bits per heavy atom. The van der Waals surface area contributed by atoms with Crippen molar-refractivity contribution in [1.82, 2.24) is 52.8 Å². The number of aliphatic imine (C=N–C) groups is 2. The van der Waals surface area contributed by atoms with Gasteiger partial charge >= 0.3 is 5.97 Å². The van der Waals surface area contributed by atoms with E-state index in [1.807, 2.05) is 25.1 Å². The number of aromatic nitrogens is 1. The summed E-state index contributed by atoms with van der Waals surface area (Å²) in [4.78, 5) is 163. The summed E-state index contributed by atoms with van der Waals surface area (Å²) in [7, 11) is 0. The second-order valence-electron chi connectivity index (χ2n) is 25.8. The van der Waals surface area contributed by atoms with Crippen LogP contribution in [0.2, 0.25) is 0 Å². The van der Waals surface area contributed by atoms with Crippen LogP contribution >= 0.6 is 11.8 Å². The van der Waals surface area contributed by atoms with Crippen LogP contribution in [0.3, 0.4) is 0 Å². The first kappa shape index (κ1) is 86.9. The fourth-order valence-electron chi connectivity index (χ4n) is 11.1. The third-order valence-electron chi connectivity index (χ3n) is 16.8. The van der Waals surface area contributed by atoms with Gasteiger partial charge in [-0.2, -0.15) is 11.8 Å². The van der Waals surface area contributed by atoms with Gasteiger partial charge in [0.2, 0.25) is 59.1 Å². The van der Waals surface area contributed by atoms with E-state index in [9.17, 15) is 57.8 Å². The summed E-state index contributed by atoms with van der Waals surface area (Å²) in [6, 6.07) is -3.46. The molecule has 0 aliphatic carbocycles. The van der Waals surface area contributed by atoms with Gasteiger partial charge in [-0.05, 0) is 106 Å². The lowest BCUT2D eigenvalue weighted by Crippen LogP contribution is -2.60. The fraction of sp³-hybridized carbons (Fsp3) is 0.691. The summed E-state index contributed by atoms with van der Waals surface area (Å²) in [5, 5.41) is 34.6. The van der Waals surface area contributed by atoms with E-state index in [2.05, 4.69) is 69.7 Å². The van der Waals surface area contributed by atoms with Crippen LogP contribution in [0.5, 0.6) is 0 Å². The highest BCUT2D eigenvalue weighted by Gasteiger charge is 2.36. The number of amides is 10. The lowest BCUT2D eigenvalue weighted by molar-refractivity contribution is -0.141. The fourth-order valence-corrected chi connectivity index (χ4v) is 11.5. The number of benzene rings is 1. The van der Waals surface area contributed by atoms with Crippen LogP contribution in [0.15, 0.2) is 40.4 Å². The minimum absolute atomic E-state index is 0.000364. The van der Waals surface area contributed by atoms with E-state index in [1.54, 1.807) is 39.3 Å². The minimum atomic E-state index is -1.57. The first-order chi connectivity index (χ1) is 47.2. The maximum absolute atomic E-state index is 14.8. The van der Waals surface area contributed by atoms with Crippen molar-refractivity contribution >= 4 is 99.6 Å². The molecule has 0 saturated carbocycles. The number of para-hydroxylation sites is 1. The van der Waals surface area contributed by atoms with Crippen molar-refractivity contribution in [3.05, 3.63) is 36.0 Å². The highest BCUT2D eigenvalue weighted by atomic mass is 32.2. The molecule has 2 aromatic rings. The molecule has 0 radical (unpaired) electrons. The molecule has 0 spiro atoms. The Morgan fingerprint density at radius 3 is 1.47 bits per heavy atom. The van der Waals surface area contributed by atoms with Gasteiger partial charge in [-0.25, -0.2) is 0 Å². The van der Waals surface area contributed by atoms with Crippen LogP contribution in [-0.2, 0) is 59.2 Å². The van der Waals surface area contributed by atoms with Gasteiger partial charge in [0.05, 0.1) is 13.0 Å².